The lowest BCUT2D eigenvalue weighted by atomic mass is 10.2. The summed E-state index contributed by atoms with van der Waals surface area (Å²) in [6.07, 6.45) is 3.33. The third-order valence-electron chi connectivity index (χ3n) is 3.65. The van der Waals surface area contributed by atoms with E-state index in [4.69, 9.17) is 4.42 Å². The first-order valence-corrected chi connectivity index (χ1v) is 10.2. The van der Waals surface area contributed by atoms with Gasteiger partial charge in [0.05, 0.1) is 12.5 Å². The first kappa shape index (κ1) is 18.7. The smallest absolute Gasteiger partial charge is 0.229 e. The highest BCUT2D eigenvalue weighted by Gasteiger charge is 2.09. The van der Waals surface area contributed by atoms with E-state index in [2.05, 4.69) is 15.0 Å². The van der Waals surface area contributed by atoms with E-state index < -0.39 is 10.0 Å². The Morgan fingerprint density at radius 1 is 1.04 bits per heavy atom. The minimum absolute atomic E-state index is 0.182. The maximum absolute atomic E-state index is 12.1. The van der Waals surface area contributed by atoms with E-state index in [1.165, 1.54) is 0 Å². The molecule has 0 aliphatic heterocycles. The van der Waals surface area contributed by atoms with Crippen molar-refractivity contribution in [1.29, 1.82) is 0 Å². The Balaban J connectivity index is 1.52. The van der Waals surface area contributed by atoms with Crippen molar-refractivity contribution in [2.75, 3.05) is 16.3 Å². The van der Waals surface area contributed by atoms with Crippen LogP contribution in [-0.2, 0) is 21.2 Å². The van der Waals surface area contributed by atoms with E-state index in [-0.39, 0.29) is 12.3 Å². The van der Waals surface area contributed by atoms with Crippen LogP contribution in [-0.4, -0.2) is 25.6 Å². The van der Waals surface area contributed by atoms with Gasteiger partial charge in [0.2, 0.25) is 15.9 Å². The van der Waals surface area contributed by atoms with Gasteiger partial charge in [-0.3, -0.25) is 9.52 Å². The normalized spacial score (nSPS) is 11.1. The molecule has 3 rings (SSSR count). The molecule has 1 heterocycles. The molecule has 0 aliphatic carbocycles. The number of oxazole rings is 1. The molecule has 2 aromatic carbocycles. The van der Waals surface area contributed by atoms with Gasteiger partial charge in [0, 0.05) is 29.8 Å². The Hall–Kier alpha value is -3.13. The number of sulfonamides is 1. The molecule has 0 saturated heterocycles. The third kappa shape index (κ3) is 5.68. The standard InChI is InChI=1S/C19H19N3O4S/c1-27(24,25)22-16-9-7-15(8-10-16)21-18(23)11-12-19-20-13-17(26-19)14-5-3-2-4-6-14/h2-10,13,22H,11-12H2,1H3,(H,21,23). The van der Waals surface area contributed by atoms with Crippen molar-refractivity contribution >= 4 is 27.3 Å². The summed E-state index contributed by atoms with van der Waals surface area (Å²) < 4.78 is 30.4. The maximum atomic E-state index is 12.1. The molecule has 0 atom stereocenters. The van der Waals surface area contributed by atoms with Crippen LogP contribution in [0.5, 0.6) is 0 Å². The molecule has 27 heavy (non-hydrogen) atoms. The van der Waals surface area contributed by atoms with E-state index in [1.807, 2.05) is 30.3 Å². The van der Waals surface area contributed by atoms with Crippen LogP contribution >= 0.6 is 0 Å². The fourth-order valence-corrected chi connectivity index (χ4v) is 3.01. The fraction of sp³-hybridized carbons (Fsp3) is 0.158. The van der Waals surface area contributed by atoms with Crippen LogP contribution in [0, 0.1) is 0 Å². The van der Waals surface area contributed by atoms with Crippen molar-refractivity contribution in [2.24, 2.45) is 0 Å². The van der Waals surface area contributed by atoms with Crippen LogP contribution in [0.15, 0.2) is 65.2 Å². The number of benzene rings is 2. The van der Waals surface area contributed by atoms with Gasteiger partial charge in [0.25, 0.3) is 0 Å². The highest BCUT2D eigenvalue weighted by molar-refractivity contribution is 7.92. The molecule has 7 nitrogen and oxygen atoms in total. The third-order valence-corrected chi connectivity index (χ3v) is 4.26. The monoisotopic (exact) mass is 385 g/mol. The van der Waals surface area contributed by atoms with Crippen LogP contribution < -0.4 is 10.0 Å². The average molecular weight is 385 g/mol. The lowest BCUT2D eigenvalue weighted by Gasteiger charge is -2.07. The molecule has 1 amide bonds. The lowest BCUT2D eigenvalue weighted by molar-refractivity contribution is -0.116. The minimum atomic E-state index is -3.33. The van der Waals surface area contributed by atoms with Gasteiger partial charge in [-0.1, -0.05) is 30.3 Å². The molecule has 0 bridgehead atoms. The summed E-state index contributed by atoms with van der Waals surface area (Å²) in [4.78, 5) is 16.3. The highest BCUT2D eigenvalue weighted by atomic mass is 32.2. The zero-order valence-corrected chi connectivity index (χ0v) is 15.5. The van der Waals surface area contributed by atoms with Crippen molar-refractivity contribution in [2.45, 2.75) is 12.8 Å². The highest BCUT2D eigenvalue weighted by Crippen LogP contribution is 2.20. The van der Waals surface area contributed by atoms with E-state index in [9.17, 15) is 13.2 Å². The Kier molecular flexibility index (Phi) is 5.56. The van der Waals surface area contributed by atoms with Crippen LogP contribution in [0.25, 0.3) is 11.3 Å². The second kappa shape index (κ2) is 8.05. The number of carbonyl (C=O) groups excluding carboxylic acids is 1. The number of nitrogens with zero attached hydrogens (tertiary/aromatic N) is 1. The van der Waals surface area contributed by atoms with Gasteiger partial charge in [-0.25, -0.2) is 13.4 Å². The number of nitrogens with one attached hydrogen (secondary N) is 2. The van der Waals surface area contributed by atoms with Gasteiger partial charge in [0.15, 0.2) is 11.7 Å². The summed E-state index contributed by atoms with van der Waals surface area (Å²) in [5.41, 5.74) is 1.95. The summed E-state index contributed by atoms with van der Waals surface area (Å²) >= 11 is 0. The van der Waals surface area contributed by atoms with Gasteiger partial charge in [0.1, 0.15) is 0 Å². The van der Waals surface area contributed by atoms with Gasteiger partial charge >= 0.3 is 0 Å². The van der Waals surface area contributed by atoms with Crippen LogP contribution in [0.3, 0.4) is 0 Å². The number of aryl methyl sites for hydroxylation is 1. The first-order chi connectivity index (χ1) is 12.9. The summed E-state index contributed by atoms with van der Waals surface area (Å²) in [5.74, 6) is 0.981. The van der Waals surface area contributed by atoms with E-state index in [0.717, 1.165) is 11.8 Å². The van der Waals surface area contributed by atoms with Crippen molar-refractivity contribution in [3.8, 4) is 11.3 Å². The molecule has 0 aliphatic rings. The SMILES string of the molecule is CS(=O)(=O)Nc1ccc(NC(=O)CCc2ncc(-c3ccccc3)o2)cc1. The topological polar surface area (TPSA) is 101 Å². The predicted octanol–water partition coefficient (Wildman–Crippen LogP) is 3.28. The van der Waals surface area contributed by atoms with Crippen molar-refractivity contribution < 1.29 is 17.6 Å². The van der Waals surface area contributed by atoms with Gasteiger partial charge in [-0.2, -0.15) is 0 Å². The molecule has 0 fully saturated rings. The quantitative estimate of drug-likeness (QED) is 0.650. The Labute approximate surface area is 157 Å². The predicted molar refractivity (Wildman–Crippen MR) is 104 cm³/mol. The number of anilines is 2. The zero-order valence-electron chi connectivity index (χ0n) is 14.7. The molecule has 0 saturated carbocycles. The van der Waals surface area contributed by atoms with Crippen molar-refractivity contribution in [3.05, 3.63) is 66.7 Å². The number of hydrogen-bond acceptors (Lipinski definition) is 5. The molecular formula is C19H19N3O4S. The number of amides is 1. The molecule has 8 heteroatoms. The van der Waals surface area contributed by atoms with Gasteiger partial charge in [-0.15, -0.1) is 0 Å². The molecule has 2 N–H and O–H groups in total. The molecular weight excluding hydrogens is 366 g/mol. The molecule has 0 radical (unpaired) electrons. The number of rotatable bonds is 7. The van der Waals surface area contributed by atoms with Crippen molar-refractivity contribution in [3.63, 3.8) is 0 Å². The molecule has 1 aromatic heterocycles. The summed E-state index contributed by atoms with van der Waals surface area (Å²) in [6, 6.07) is 16.0. The summed E-state index contributed by atoms with van der Waals surface area (Å²) in [7, 11) is -3.33. The Morgan fingerprint density at radius 2 is 1.70 bits per heavy atom. The minimum Gasteiger partial charge on any atom is -0.441 e. The number of hydrogen-bond donors (Lipinski definition) is 2. The molecule has 3 aromatic rings. The van der Waals surface area contributed by atoms with Crippen LogP contribution in [0.4, 0.5) is 11.4 Å². The zero-order chi connectivity index (χ0) is 19.3. The molecule has 0 spiro atoms. The van der Waals surface area contributed by atoms with E-state index >= 15 is 0 Å². The van der Waals surface area contributed by atoms with Crippen LogP contribution in [0.1, 0.15) is 12.3 Å². The summed E-state index contributed by atoms with van der Waals surface area (Å²) in [5, 5.41) is 2.76. The first-order valence-electron chi connectivity index (χ1n) is 8.27. The Bertz CT molecular complexity index is 1010. The van der Waals surface area contributed by atoms with E-state index in [1.54, 1.807) is 30.5 Å². The van der Waals surface area contributed by atoms with Crippen molar-refractivity contribution in [1.82, 2.24) is 4.98 Å². The van der Waals surface area contributed by atoms with E-state index in [0.29, 0.717) is 29.4 Å². The second-order valence-electron chi connectivity index (χ2n) is 5.98. The number of aromatic nitrogens is 1. The Morgan fingerprint density at radius 3 is 2.37 bits per heavy atom. The largest absolute Gasteiger partial charge is 0.441 e. The van der Waals surface area contributed by atoms with Gasteiger partial charge < -0.3 is 9.73 Å². The number of carbonyl (C=O) groups is 1. The van der Waals surface area contributed by atoms with Crippen LogP contribution in [0.2, 0.25) is 0 Å². The molecule has 0 unspecified atom stereocenters. The van der Waals surface area contributed by atoms with Gasteiger partial charge in [-0.05, 0) is 24.3 Å². The average Bonchev–Trinajstić information content (AvgIpc) is 3.10. The lowest BCUT2D eigenvalue weighted by Crippen LogP contribution is -2.13. The second-order valence-corrected chi connectivity index (χ2v) is 7.73. The maximum Gasteiger partial charge on any atom is 0.229 e. The fourth-order valence-electron chi connectivity index (χ4n) is 2.44. The molecule has 140 valence electrons. The summed E-state index contributed by atoms with van der Waals surface area (Å²) in [6.45, 7) is 0.